The number of aryl methyl sites for hydroxylation is 1. The molecule has 0 aliphatic carbocycles. The van der Waals surface area contributed by atoms with Gasteiger partial charge in [0.05, 0.1) is 0 Å². The van der Waals surface area contributed by atoms with Crippen LogP contribution in [0.4, 0.5) is 5.13 Å². The van der Waals surface area contributed by atoms with Crippen molar-refractivity contribution < 1.29 is 8.42 Å². The van der Waals surface area contributed by atoms with Gasteiger partial charge in [-0.1, -0.05) is 17.4 Å². The van der Waals surface area contributed by atoms with E-state index in [0.717, 1.165) is 16.9 Å². The van der Waals surface area contributed by atoms with E-state index in [1.54, 1.807) is 13.0 Å². The molecule has 0 saturated heterocycles. The van der Waals surface area contributed by atoms with Gasteiger partial charge >= 0.3 is 0 Å². The number of nitrogens with one attached hydrogen (secondary N) is 1. The van der Waals surface area contributed by atoms with Crippen molar-refractivity contribution in [3.63, 3.8) is 0 Å². The van der Waals surface area contributed by atoms with Gasteiger partial charge in [-0.25, -0.2) is 4.98 Å². The highest BCUT2D eigenvalue weighted by molar-refractivity contribution is 7.92. The fourth-order valence-corrected chi connectivity index (χ4v) is 2.95. The van der Waals surface area contributed by atoms with Crippen LogP contribution in [0.25, 0.3) is 0 Å². The Morgan fingerprint density at radius 1 is 1.39 bits per heavy atom. The number of pyridine rings is 1. The Kier molecular flexibility index (Phi) is 3.55. The summed E-state index contributed by atoms with van der Waals surface area (Å²) < 4.78 is 26.2. The smallest absolute Gasteiger partial charge is 0.281 e. The molecule has 0 amide bonds. The molecule has 0 radical (unpaired) electrons. The van der Waals surface area contributed by atoms with E-state index in [4.69, 9.17) is 5.73 Å². The predicted molar refractivity (Wildman–Crippen MR) is 67.6 cm³/mol. The van der Waals surface area contributed by atoms with Gasteiger partial charge in [-0.05, 0) is 18.6 Å². The lowest BCUT2D eigenvalue weighted by Gasteiger charge is -2.04. The third-order valence-electron chi connectivity index (χ3n) is 2.06. The van der Waals surface area contributed by atoms with Crippen LogP contribution >= 0.6 is 11.3 Å². The van der Waals surface area contributed by atoms with E-state index in [2.05, 4.69) is 19.9 Å². The first-order valence-electron chi connectivity index (χ1n) is 4.99. The Morgan fingerprint density at radius 3 is 2.67 bits per heavy atom. The van der Waals surface area contributed by atoms with Crippen molar-refractivity contribution in [2.45, 2.75) is 18.5 Å². The highest BCUT2D eigenvalue weighted by Crippen LogP contribution is 2.18. The molecule has 0 fully saturated rings. The maximum atomic E-state index is 11.9. The van der Waals surface area contributed by atoms with Crippen LogP contribution in [0.3, 0.4) is 0 Å². The maximum Gasteiger partial charge on any atom is 0.281 e. The second kappa shape index (κ2) is 4.96. The topological polar surface area (TPSA) is 111 Å². The summed E-state index contributed by atoms with van der Waals surface area (Å²) in [7, 11) is -3.72. The van der Waals surface area contributed by atoms with Gasteiger partial charge in [-0.3, -0.25) is 4.72 Å². The lowest BCUT2D eigenvalue weighted by Crippen LogP contribution is -2.14. The maximum absolute atomic E-state index is 11.9. The monoisotopic (exact) mass is 285 g/mol. The minimum absolute atomic E-state index is 0.0763. The lowest BCUT2D eigenvalue weighted by atomic mass is 10.3. The Morgan fingerprint density at radius 2 is 2.17 bits per heavy atom. The van der Waals surface area contributed by atoms with Crippen LogP contribution < -0.4 is 10.5 Å². The van der Waals surface area contributed by atoms with Gasteiger partial charge in [0, 0.05) is 12.7 Å². The zero-order valence-electron chi connectivity index (χ0n) is 9.49. The summed E-state index contributed by atoms with van der Waals surface area (Å²) in [5.74, 6) is 0. The van der Waals surface area contributed by atoms with Crippen molar-refractivity contribution in [1.82, 2.24) is 15.2 Å². The van der Waals surface area contributed by atoms with Gasteiger partial charge in [-0.15, -0.1) is 10.2 Å². The first kappa shape index (κ1) is 12.9. The van der Waals surface area contributed by atoms with Gasteiger partial charge in [0.1, 0.15) is 5.01 Å². The third kappa shape index (κ3) is 2.81. The number of rotatable bonds is 4. The number of hydrogen-bond donors (Lipinski definition) is 2. The second-order valence-electron chi connectivity index (χ2n) is 3.44. The Labute approximate surface area is 108 Å². The van der Waals surface area contributed by atoms with Gasteiger partial charge < -0.3 is 5.73 Å². The zero-order chi connectivity index (χ0) is 13.2. The molecule has 2 rings (SSSR count). The second-order valence-corrected chi connectivity index (χ2v) is 6.25. The van der Waals surface area contributed by atoms with Crippen molar-refractivity contribution >= 4 is 26.5 Å². The van der Waals surface area contributed by atoms with E-state index in [9.17, 15) is 8.42 Å². The van der Waals surface area contributed by atoms with Crippen molar-refractivity contribution in [2.75, 3.05) is 4.72 Å². The molecule has 96 valence electrons. The van der Waals surface area contributed by atoms with E-state index < -0.39 is 10.0 Å². The Balaban J connectivity index is 2.24. The normalized spacial score (nSPS) is 11.4. The van der Waals surface area contributed by atoms with E-state index in [1.165, 1.54) is 12.3 Å². The first-order chi connectivity index (χ1) is 8.51. The van der Waals surface area contributed by atoms with Crippen molar-refractivity contribution in [3.8, 4) is 0 Å². The quantitative estimate of drug-likeness (QED) is 0.846. The molecule has 2 aromatic rings. The minimum Gasteiger partial charge on any atom is -0.326 e. The average Bonchev–Trinajstić information content (AvgIpc) is 2.74. The largest absolute Gasteiger partial charge is 0.326 e. The SMILES string of the molecule is Cc1nnc(NS(=O)(=O)c2ccc(CN)cn2)s1. The molecule has 7 nitrogen and oxygen atoms in total. The van der Waals surface area contributed by atoms with E-state index in [1.807, 2.05) is 0 Å². The molecule has 0 saturated carbocycles. The number of anilines is 1. The molecule has 0 unspecified atom stereocenters. The molecular weight excluding hydrogens is 274 g/mol. The van der Waals surface area contributed by atoms with Crippen molar-refractivity contribution in [3.05, 3.63) is 28.9 Å². The van der Waals surface area contributed by atoms with Gasteiger partial charge in [0.2, 0.25) is 5.13 Å². The summed E-state index contributed by atoms with van der Waals surface area (Å²) in [6.07, 6.45) is 1.43. The number of aromatic nitrogens is 3. The molecule has 3 N–H and O–H groups in total. The van der Waals surface area contributed by atoms with Crippen molar-refractivity contribution in [1.29, 1.82) is 0 Å². The van der Waals surface area contributed by atoms with Crippen LogP contribution in [0.15, 0.2) is 23.4 Å². The van der Waals surface area contributed by atoms with Crippen LogP contribution in [0.1, 0.15) is 10.6 Å². The minimum atomic E-state index is -3.72. The van der Waals surface area contributed by atoms with Crippen LogP contribution in [0.2, 0.25) is 0 Å². The van der Waals surface area contributed by atoms with Crippen LogP contribution in [-0.4, -0.2) is 23.6 Å². The molecule has 2 aromatic heterocycles. The molecule has 0 aromatic carbocycles. The van der Waals surface area contributed by atoms with Crippen LogP contribution in [0, 0.1) is 6.92 Å². The molecule has 0 bridgehead atoms. The third-order valence-corrected chi connectivity index (χ3v) is 4.19. The highest BCUT2D eigenvalue weighted by atomic mass is 32.2. The number of sulfonamides is 1. The molecular formula is C9H11N5O2S2. The number of nitrogens with two attached hydrogens (primary N) is 1. The predicted octanol–water partition coefficient (Wildman–Crippen LogP) is 0.501. The summed E-state index contributed by atoms with van der Waals surface area (Å²) in [6.45, 7) is 2.06. The summed E-state index contributed by atoms with van der Waals surface area (Å²) in [5, 5.41) is 8.24. The lowest BCUT2D eigenvalue weighted by molar-refractivity contribution is 0.597. The van der Waals surface area contributed by atoms with E-state index in [0.29, 0.717) is 11.6 Å². The van der Waals surface area contributed by atoms with Gasteiger partial charge in [-0.2, -0.15) is 8.42 Å². The summed E-state index contributed by atoms with van der Waals surface area (Å²) in [4.78, 5) is 3.85. The molecule has 18 heavy (non-hydrogen) atoms. The van der Waals surface area contributed by atoms with Crippen molar-refractivity contribution in [2.24, 2.45) is 5.73 Å². The van der Waals surface area contributed by atoms with Crippen LogP contribution in [0.5, 0.6) is 0 Å². The molecule has 0 aliphatic rings. The average molecular weight is 285 g/mol. The first-order valence-corrected chi connectivity index (χ1v) is 7.29. The molecule has 0 atom stereocenters. The van der Waals surface area contributed by atoms with Gasteiger partial charge in [0.25, 0.3) is 10.0 Å². The van der Waals surface area contributed by atoms with E-state index in [-0.39, 0.29) is 10.2 Å². The molecule has 9 heteroatoms. The molecule has 0 aliphatic heterocycles. The van der Waals surface area contributed by atoms with Crippen LogP contribution in [-0.2, 0) is 16.6 Å². The Bertz CT molecular complexity index is 635. The number of hydrogen-bond acceptors (Lipinski definition) is 7. The van der Waals surface area contributed by atoms with Gasteiger partial charge in [0.15, 0.2) is 5.03 Å². The zero-order valence-corrected chi connectivity index (χ0v) is 11.1. The summed E-state index contributed by atoms with van der Waals surface area (Å²) >= 11 is 1.16. The summed E-state index contributed by atoms with van der Waals surface area (Å²) in [5.41, 5.74) is 6.18. The molecule has 2 heterocycles. The fraction of sp³-hybridized carbons (Fsp3) is 0.222. The number of nitrogens with zero attached hydrogens (tertiary/aromatic N) is 3. The molecule has 0 spiro atoms. The standard InChI is InChI=1S/C9H11N5O2S2/c1-6-12-13-9(17-6)14-18(15,16)8-3-2-7(4-10)5-11-8/h2-3,5H,4,10H2,1H3,(H,13,14). The fourth-order valence-electron chi connectivity index (χ4n) is 1.20. The summed E-state index contributed by atoms with van der Waals surface area (Å²) in [6, 6.07) is 3.02. The van der Waals surface area contributed by atoms with E-state index >= 15 is 0 Å². The highest BCUT2D eigenvalue weighted by Gasteiger charge is 2.17. The Hall–Kier alpha value is -1.58.